The molecule has 1 aromatic carbocycles. The summed E-state index contributed by atoms with van der Waals surface area (Å²) in [6, 6.07) is 11.3. The van der Waals surface area contributed by atoms with Crippen molar-refractivity contribution in [3.8, 4) is 10.7 Å². The molecule has 2 heterocycles. The van der Waals surface area contributed by atoms with Gasteiger partial charge in [-0.25, -0.2) is 4.98 Å². The van der Waals surface area contributed by atoms with Gasteiger partial charge in [0.15, 0.2) is 5.82 Å². The Morgan fingerprint density at radius 3 is 2.88 bits per heavy atom. The molecular formula is C16H15ClN4OS2. The lowest BCUT2D eigenvalue weighted by molar-refractivity contribution is -0.119. The van der Waals surface area contributed by atoms with Crippen LogP contribution in [0.3, 0.4) is 0 Å². The molecule has 0 saturated carbocycles. The number of thiophene rings is 1. The van der Waals surface area contributed by atoms with Gasteiger partial charge < -0.3 is 5.32 Å². The molecule has 124 valence electrons. The van der Waals surface area contributed by atoms with E-state index < -0.39 is 0 Å². The predicted octanol–water partition coefficient (Wildman–Crippen LogP) is 4.16. The molecule has 1 amide bonds. The summed E-state index contributed by atoms with van der Waals surface area (Å²) in [6.45, 7) is 1.94. The van der Waals surface area contributed by atoms with Gasteiger partial charge in [-0.2, -0.15) is 0 Å². The molecule has 1 atom stereocenters. The molecule has 8 heteroatoms. The molecule has 0 aliphatic heterocycles. The quantitative estimate of drug-likeness (QED) is 0.632. The van der Waals surface area contributed by atoms with Crippen molar-refractivity contribution >= 4 is 40.6 Å². The number of nitrogens with one attached hydrogen (secondary N) is 2. The molecule has 0 bridgehead atoms. The Hall–Kier alpha value is -1.83. The highest BCUT2D eigenvalue weighted by molar-refractivity contribution is 7.99. The summed E-state index contributed by atoms with van der Waals surface area (Å²) >= 11 is 8.77. The first-order chi connectivity index (χ1) is 11.6. The molecule has 0 radical (unpaired) electrons. The van der Waals surface area contributed by atoms with E-state index in [1.807, 2.05) is 48.7 Å². The molecule has 2 N–H and O–H groups in total. The summed E-state index contributed by atoms with van der Waals surface area (Å²) in [6.07, 6.45) is 0. The van der Waals surface area contributed by atoms with Crippen molar-refractivity contribution in [2.75, 3.05) is 5.75 Å². The maximum Gasteiger partial charge on any atom is 0.230 e. The molecule has 0 saturated heterocycles. The average molecular weight is 379 g/mol. The smallest absolute Gasteiger partial charge is 0.230 e. The van der Waals surface area contributed by atoms with Crippen molar-refractivity contribution in [3.05, 3.63) is 52.4 Å². The van der Waals surface area contributed by atoms with Gasteiger partial charge in [0.1, 0.15) is 0 Å². The summed E-state index contributed by atoms with van der Waals surface area (Å²) in [4.78, 5) is 17.5. The molecule has 0 aliphatic rings. The van der Waals surface area contributed by atoms with Crippen LogP contribution in [0.15, 0.2) is 46.9 Å². The Labute approximate surface area is 152 Å². The van der Waals surface area contributed by atoms with E-state index in [2.05, 4.69) is 20.5 Å². The van der Waals surface area contributed by atoms with Gasteiger partial charge >= 0.3 is 0 Å². The highest BCUT2D eigenvalue weighted by Gasteiger charge is 2.12. The second-order valence-electron chi connectivity index (χ2n) is 5.07. The van der Waals surface area contributed by atoms with Crippen molar-refractivity contribution in [1.82, 2.24) is 20.5 Å². The topological polar surface area (TPSA) is 70.7 Å². The fraction of sp³-hybridized carbons (Fsp3) is 0.188. The normalized spacial score (nSPS) is 12.1. The molecule has 1 unspecified atom stereocenters. The summed E-state index contributed by atoms with van der Waals surface area (Å²) in [5.74, 6) is 0.923. The van der Waals surface area contributed by atoms with Crippen LogP contribution in [0.25, 0.3) is 10.7 Å². The van der Waals surface area contributed by atoms with E-state index in [0.29, 0.717) is 10.2 Å². The van der Waals surface area contributed by atoms with Crippen molar-refractivity contribution in [2.45, 2.75) is 18.1 Å². The lowest BCUT2D eigenvalue weighted by Crippen LogP contribution is -2.28. The van der Waals surface area contributed by atoms with Crippen LogP contribution in [0.1, 0.15) is 18.5 Å². The van der Waals surface area contributed by atoms with Gasteiger partial charge in [0.2, 0.25) is 11.1 Å². The number of thioether (sulfide) groups is 1. The number of rotatable bonds is 6. The van der Waals surface area contributed by atoms with Crippen molar-refractivity contribution in [3.63, 3.8) is 0 Å². The third kappa shape index (κ3) is 4.37. The molecule has 0 spiro atoms. The number of amides is 1. The molecule has 0 fully saturated rings. The first-order valence-corrected chi connectivity index (χ1v) is 9.50. The first-order valence-electron chi connectivity index (χ1n) is 7.26. The third-order valence-electron chi connectivity index (χ3n) is 3.30. The number of carbonyl (C=O) groups is 1. The standard InChI is InChI=1S/C16H15ClN4OS2/c1-10(11-4-6-12(17)7-5-11)18-14(22)9-24-16-19-15(20-21-16)13-3-2-8-23-13/h2-8,10H,9H2,1H3,(H,18,22)(H,19,20,21). The van der Waals surface area contributed by atoms with Crippen molar-refractivity contribution in [1.29, 1.82) is 0 Å². The minimum atomic E-state index is -0.0795. The Bertz CT molecular complexity index is 802. The fourth-order valence-electron chi connectivity index (χ4n) is 2.08. The Morgan fingerprint density at radius 2 is 2.17 bits per heavy atom. The zero-order valence-corrected chi connectivity index (χ0v) is 15.2. The van der Waals surface area contributed by atoms with E-state index in [4.69, 9.17) is 11.6 Å². The summed E-state index contributed by atoms with van der Waals surface area (Å²) < 4.78 is 0. The summed E-state index contributed by atoms with van der Waals surface area (Å²) in [5.41, 5.74) is 1.01. The van der Waals surface area contributed by atoms with Gasteiger partial charge in [-0.3, -0.25) is 9.89 Å². The first kappa shape index (κ1) is 17.0. The number of benzene rings is 1. The van der Waals surface area contributed by atoms with Crippen LogP contribution < -0.4 is 5.32 Å². The van der Waals surface area contributed by atoms with Gasteiger partial charge in [-0.1, -0.05) is 41.6 Å². The Kier molecular flexibility index (Phi) is 5.55. The van der Waals surface area contributed by atoms with E-state index in [1.165, 1.54) is 11.8 Å². The number of hydrogen-bond acceptors (Lipinski definition) is 5. The fourth-order valence-corrected chi connectivity index (χ4v) is 3.48. The summed E-state index contributed by atoms with van der Waals surface area (Å²) in [7, 11) is 0. The van der Waals surface area contributed by atoms with Crippen LogP contribution in [0.2, 0.25) is 5.02 Å². The largest absolute Gasteiger partial charge is 0.349 e. The number of aromatic nitrogens is 3. The molecule has 24 heavy (non-hydrogen) atoms. The maximum absolute atomic E-state index is 12.1. The lowest BCUT2D eigenvalue weighted by Gasteiger charge is -2.13. The Morgan fingerprint density at radius 1 is 1.38 bits per heavy atom. The monoisotopic (exact) mass is 378 g/mol. The van der Waals surface area contributed by atoms with Gasteiger partial charge in [-0.05, 0) is 36.1 Å². The SMILES string of the molecule is CC(NC(=O)CSc1n[nH]c(-c2cccs2)n1)c1ccc(Cl)cc1. The zero-order valence-electron chi connectivity index (χ0n) is 12.8. The van der Waals surface area contributed by atoms with E-state index in [-0.39, 0.29) is 17.7 Å². The van der Waals surface area contributed by atoms with E-state index >= 15 is 0 Å². The van der Waals surface area contributed by atoms with Gasteiger partial charge in [0.25, 0.3) is 0 Å². The highest BCUT2D eigenvalue weighted by atomic mass is 35.5. The van der Waals surface area contributed by atoms with Gasteiger partial charge in [0.05, 0.1) is 16.7 Å². The second kappa shape index (κ2) is 7.83. The van der Waals surface area contributed by atoms with Crippen LogP contribution in [-0.4, -0.2) is 26.8 Å². The van der Waals surface area contributed by atoms with E-state index in [0.717, 1.165) is 16.3 Å². The van der Waals surface area contributed by atoms with Gasteiger partial charge in [0, 0.05) is 5.02 Å². The molecule has 0 aliphatic carbocycles. The van der Waals surface area contributed by atoms with Crippen molar-refractivity contribution < 1.29 is 4.79 Å². The molecular weight excluding hydrogens is 364 g/mol. The van der Waals surface area contributed by atoms with E-state index in [9.17, 15) is 4.79 Å². The average Bonchev–Trinajstić information content (AvgIpc) is 3.25. The number of halogens is 1. The maximum atomic E-state index is 12.1. The number of carbonyl (C=O) groups excluding carboxylic acids is 1. The number of hydrogen-bond donors (Lipinski definition) is 2. The number of nitrogens with zero attached hydrogens (tertiary/aromatic N) is 2. The predicted molar refractivity (Wildman–Crippen MR) is 98.4 cm³/mol. The minimum Gasteiger partial charge on any atom is -0.349 e. The van der Waals surface area contributed by atoms with Crippen LogP contribution in [0.5, 0.6) is 0 Å². The Balaban J connectivity index is 1.51. The minimum absolute atomic E-state index is 0.0649. The molecule has 5 nitrogen and oxygen atoms in total. The third-order valence-corrected chi connectivity index (χ3v) is 5.28. The second-order valence-corrected chi connectivity index (χ2v) is 7.40. The molecule has 2 aromatic heterocycles. The van der Waals surface area contributed by atoms with Crippen molar-refractivity contribution in [2.24, 2.45) is 0 Å². The van der Waals surface area contributed by atoms with Gasteiger partial charge in [-0.15, -0.1) is 16.4 Å². The number of aromatic amines is 1. The summed E-state index contributed by atoms with van der Waals surface area (Å²) in [5, 5.41) is 13.2. The lowest BCUT2D eigenvalue weighted by atomic mass is 10.1. The molecule has 3 aromatic rings. The molecule has 3 rings (SSSR count). The van der Waals surface area contributed by atoms with E-state index in [1.54, 1.807) is 11.3 Å². The highest BCUT2D eigenvalue weighted by Crippen LogP contribution is 2.23. The van der Waals surface area contributed by atoms with Crippen LogP contribution in [0, 0.1) is 0 Å². The van der Waals surface area contributed by atoms with Crippen LogP contribution >= 0.6 is 34.7 Å². The van der Waals surface area contributed by atoms with Crippen LogP contribution in [-0.2, 0) is 4.79 Å². The van der Waals surface area contributed by atoms with Crippen LogP contribution in [0.4, 0.5) is 0 Å². The number of H-pyrrole nitrogens is 1. The zero-order chi connectivity index (χ0) is 16.9.